The minimum atomic E-state index is -0.847. The number of hydrogen-bond acceptors (Lipinski definition) is 5. The molecule has 5 atom stereocenters. The molecule has 4 aliphatic rings. The number of nitrogens with zero attached hydrogens (tertiary/aromatic N) is 2. The van der Waals surface area contributed by atoms with Crippen molar-refractivity contribution in [2.24, 2.45) is 0 Å². The first-order chi connectivity index (χ1) is 18.0. The van der Waals surface area contributed by atoms with Crippen LogP contribution < -0.4 is 4.74 Å². The predicted octanol–water partition coefficient (Wildman–Crippen LogP) is 4.84. The Labute approximate surface area is 221 Å². The zero-order chi connectivity index (χ0) is 25.6. The number of likely N-dealkylation sites (tertiary alicyclic amines) is 1. The Morgan fingerprint density at radius 2 is 1.92 bits per heavy atom. The van der Waals surface area contributed by atoms with Gasteiger partial charge in [-0.05, 0) is 82.3 Å². The largest absolute Gasteiger partial charge is 0.504 e. The van der Waals surface area contributed by atoms with Crippen molar-refractivity contribution in [1.29, 1.82) is 0 Å². The summed E-state index contributed by atoms with van der Waals surface area (Å²) in [6.45, 7) is 6.73. The van der Waals surface area contributed by atoms with Gasteiger partial charge in [0.2, 0.25) is 0 Å². The minimum Gasteiger partial charge on any atom is -0.504 e. The Balaban J connectivity index is 1.18. The molecule has 1 spiro atoms. The van der Waals surface area contributed by atoms with E-state index in [0.29, 0.717) is 5.75 Å². The Kier molecular flexibility index (Phi) is 6.58. The van der Waals surface area contributed by atoms with E-state index in [1.807, 2.05) is 6.08 Å². The first-order valence-electron chi connectivity index (χ1n) is 14.3. The zero-order valence-corrected chi connectivity index (χ0v) is 22.2. The van der Waals surface area contributed by atoms with Crippen LogP contribution in [0.15, 0.2) is 55.1 Å². The monoisotopic (exact) mass is 502 g/mol. The lowest BCUT2D eigenvalue weighted by molar-refractivity contribution is -0.197. The van der Waals surface area contributed by atoms with Gasteiger partial charge in [0, 0.05) is 24.2 Å². The molecule has 5 heteroatoms. The second-order valence-corrected chi connectivity index (χ2v) is 11.9. The molecule has 1 saturated heterocycles. The molecule has 198 valence electrons. The number of aliphatic hydroxyl groups is 1. The molecule has 2 unspecified atom stereocenters. The number of phenols is 1. The number of aryl methyl sites for hydroxylation is 1. The lowest BCUT2D eigenvalue weighted by Gasteiger charge is -2.64. The van der Waals surface area contributed by atoms with Gasteiger partial charge in [-0.2, -0.15) is 0 Å². The molecular formula is C32H42N2O3. The van der Waals surface area contributed by atoms with Crippen LogP contribution in [-0.4, -0.2) is 70.5 Å². The zero-order valence-electron chi connectivity index (χ0n) is 22.2. The van der Waals surface area contributed by atoms with Crippen LogP contribution in [0.1, 0.15) is 61.6 Å². The average Bonchev–Trinajstić information content (AvgIpc) is 3.25. The molecule has 0 amide bonds. The summed E-state index contributed by atoms with van der Waals surface area (Å²) in [7, 11) is 2.23. The van der Waals surface area contributed by atoms with Crippen LogP contribution in [-0.2, 0) is 18.3 Å². The highest BCUT2D eigenvalue weighted by Gasteiger charge is 2.73. The van der Waals surface area contributed by atoms with Crippen LogP contribution in [0.3, 0.4) is 0 Å². The van der Waals surface area contributed by atoms with Gasteiger partial charge in [0.15, 0.2) is 11.5 Å². The number of aromatic hydroxyl groups is 1. The van der Waals surface area contributed by atoms with Crippen LogP contribution in [0, 0.1) is 0 Å². The van der Waals surface area contributed by atoms with E-state index in [1.165, 1.54) is 36.8 Å². The van der Waals surface area contributed by atoms with E-state index in [0.717, 1.165) is 57.3 Å². The summed E-state index contributed by atoms with van der Waals surface area (Å²) in [5, 5.41) is 23.3. The van der Waals surface area contributed by atoms with E-state index < -0.39 is 11.0 Å². The molecule has 5 nitrogen and oxygen atoms in total. The van der Waals surface area contributed by atoms with E-state index in [-0.39, 0.29) is 23.9 Å². The minimum absolute atomic E-state index is 0.0595. The Morgan fingerprint density at radius 3 is 2.73 bits per heavy atom. The summed E-state index contributed by atoms with van der Waals surface area (Å²) in [6, 6.07) is 14.9. The molecule has 2 aliphatic carbocycles. The van der Waals surface area contributed by atoms with E-state index in [4.69, 9.17) is 4.74 Å². The van der Waals surface area contributed by atoms with Gasteiger partial charge in [-0.3, -0.25) is 9.80 Å². The van der Waals surface area contributed by atoms with E-state index in [2.05, 4.69) is 59.8 Å². The van der Waals surface area contributed by atoms with Crippen molar-refractivity contribution in [3.05, 3.63) is 71.8 Å². The second-order valence-electron chi connectivity index (χ2n) is 11.9. The van der Waals surface area contributed by atoms with Gasteiger partial charge in [-0.1, -0.05) is 55.3 Å². The summed E-state index contributed by atoms with van der Waals surface area (Å²) in [5.74, 6) is 0.856. The molecule has 2 heterocycles. The number of likely N-dealkylation sites (N-methyl/N-ethyl adjacent to an activating group) is 1. The molecule has 2 aromatic rings. The van der Waals surface area contributed by atoms with Crippen molar-refractivity contribution in [1.82, 2.24) is 9.80 Å². The van der Waals surface area contributed by atoms with Crippen LogP contribution in [0.5, 0.6) is 11.5 Å². The van der Waals surface area contributed by atoms with Crippen LogP contribution in [0.25, 0.3) is 0 Å². The van der Waals surface area contributed by atoms with Crippen LogP contribution >= 0.6 is 0 Å². The van der Waals surface area contributed by atoms with Gasteiger partial charge in [-0.15, -0.1) is 6.58 Å². The molecule has 2 bridgehead atoms. The molecule has 0 aromatic heterocycles. The number of phenolic OH excluding ortho intramolecular Hbond substituents is 1. The van der Waals surface area contributed by atoms with Gasteiger partial charge in [0.1, 0.15) is 6.10 Å². The fourth-order valence-electron chi connectivity index (χ4n) is 8.29. The van der Waals surface area contributed by atoms with E-state index >= 15 is 0 Å². The third-order valence-corrected chi connectivity index (χ3v) is 10.0. The fraction of sp³-hybridized carbons (Fsp3) is 0.562. The molecule has 1 saturated carbocycles. The van der Waals surface area contributed by atoms with Gasteiger partial charge in [0.25, 0.3) is 0 Å². The summed E-state index contributed by atoms with van der Waals surface area (Å²) in [4.78, 5) is 4.90. The maximum absolute atomic E-state index is 12.5. The Morgan fingerprint density at radius 1 is 1.11 bits per heavy atom. The van der Waals surface area contributed by atoms with Crippen molar-refractivity contribution >= 4 is 0 Å². The van der Waals surface area contributed by atoms with E-state index in [9.17, 15) is 10.2 Å². The van der Waals surface area contributed by atoms with E-state index in [1.54, 1.807) is 6.07 Å². The lowest BCUT2D eigenvalue weighted by Crippen LogP contribution is -2.78. The Hall–Kier alpha value is -2.34. The van der Waals surface area contributed by atoms with Gasteiger partial charge >= 0.3 is 0 Å². The predicted molar refractivity (Wildman–Crippen MR) is 147 cm³/mol. The smallest absolute Gasteiger partial charge is 0.165 e. The quantitative estimate of drug-likeness (QED) is 0.360. The number of piperidine rings is 1. The number of benzene rings is 2. The summed E-state index contributed by atoms with van der Waals surface area (Å²) in [5.41, 5.74) is 2.47. The molecular weight excluding hydrogens is 460 g/mol. The summed E-state index contributed by atoms with van der Waals surface area (Å²) < 4.78 is 6.71. The lowest BCUT2D eigenvalue weighted by atomic mass is 9.48. The molecule has 6 rings (SSSR count). The molecule has 2 N–H and O–H groups in total. The number of rotatable bonds is 10. The standard InChI is InChI=1S/C32H42N2O3/c1-3-19-34-21-18-31-28-24-14-15-26(35)29(28)37-30(31)25(16-17-32(31,36)27(34)22-24)33(2)20-10-5-4-7-11-23-12-8-6-9-13-23/h3,6,8-9,12-15,25,27,30,35-36H,1,4-5,7,10-11,16-22H2,2H3/t25?,27-,30?,31+,32-/m1/s1. The molecule has 37 heavy (non-hydrogen) atoms. The maximum Gasteiger partial charge on any atom is 0.165 e. The van der Waals surface area contributed by atoms with Crippen molar-refractivity contribution in [3.8, 4) is 11.5 Å². The van der Waals surface area contributed by atoms with Crippen LogP contribution in [0.4, 0.5) is 0 Å². The third-order valence-electron chi connectivity index (χ3n) is 10.0. The SMILES string of the molecule is C=CCN1CC[C@]23c4c5ccc(O)c4OC2C(N(C)CCCCCCc2ccccc2)CC[C@@]3(O)[C@H]1C5. The highest BCUT2D eigenvalue weighted by atomic mass is 16.5. The van der Waals surface area contributed by atoms with Gasteiger partial charge in [-0.25, -0.2) is 0 Å². The summed E-state index contributed by atoms with van der Waals surface area (Å²) >= 11 is 0. The Bertz CT molecular complexity index is 1140. The fourth-order valence-corrected chi connectivity index (χ4v) is 8.29. The van der Waals surface area contributed by atoms with Crippen molar-refractivity contribution in [3.63, 3.8) is 0 Å². The van der Waals surface area contributed by atoms with Gasteiger partial charge in [0.05, 0.1) is 11.0 Å². The molecule has 2 aromatic carbocycles. The maximum atomic E-state index is 12.5. The first-order valence-corrected chi connectivity index (χ1v) is 14.3. The number of hydrogen-bond donors (Lipinski definition) is 2. The number of unbranched alkanes of at least 4 members (excludes halogenated alkanes) is 3. The third kappa shape index (κ3) is 3.85. The van der Waals surface area contributed by atoms with Crippen LogP contribution in [0.2, 0.25) is 0 Å². The molecule has 0 radical (unpaired) electrons. The number of ether oxygens (including phenoxy) is 1. The van der Waals surface area contributed by atoms with Crippen molar-refractivity contribution < 1.29 is 14.9 Å². The van der Waals surface area contributed by atoms with Crippen molar-refractivity contribution in [2.75, 3.05) is 26.7 Å². The summed E-state index contributed by atoms with van der Waals surface area (Å²) in [6.07, 6.45) is 11.2. The molecule has 2 fully saturated rings. The molecule has 2 aliphatic heterocycles. The first kappa shape index (κ1) is 25.0. The second kappa shape index (κ2) is 9.76. The highest BCUT2D eigenvalue weighted by Crippen LogP contribution is 2.65. The highest BCUT2D eigenvalue weighted by molar-refractivity contribution is 5.62. The topological polar surface area (TPSA) is 56.2 Å². The van der Waals surface area contributed by atoms with Crippen molar-refractivity contribution in [2.45, 2.75) is 87.0 Å². The normalized spacial score (nSPS) is 31.7. The van der Waals surface area contributed by atoms with Gasteiger partial charge < -0.3 is 14.9 Å². The average molecular weight is 503 g/mol.